The fraction of sp³-hybridized carbons (Fsp3) is 0.333. The average molecular weight is 295 g/mol. The molecule has 0 fully saturated rings. The fourth-order valence-electron chi connectivity index (χ4n) is 1.79. The molecule has 0 saturated carbocycles. The molecule has 0 aliphatic carbocycles. The van der Waals surface area contributed by atoms with Gasteiger partial charge in [-0.25, -0.2) is 4.39 Å². The van der Waals surface area contributed by atoms with Crippen molar-refractivity contribution in [2.75, 3.05) is 25.6 Å². The Bertz CT molecular complexity index is 545. The maximum Gasteiger partial charge on any atom is 0.144 e. The molecule has 2 aromatic rings. The maximum absolute atomic E-state index is 13.0. The number of ether oxygens (including phenoxy) is 2. The molecule has 2 rings (SSSR count). The van der Waals surface area contributed by atoms with Crippen LogP contribution in [0.4, 0.5) is 10.1 Å². The third kappa shape index (κ3) is 4.77. The van der Waals surface area contributed by atoms with Crippen LogP contribution in [-0.2, 0) is 11.3 Å². The van der Waals surface area contributed by atoms with Gasteiger partial charge in [-0.3, -0.25) is 0 Å². The molecule has 114 valence electrons. The average Bonchev–Trinajstić information content (AvgIpc) is 2.99. The third-order valence-electron chi connectivity index (χ3n) is 2.83. The Morgan fingerprint density at radius 1 is 1.38 bits per heavy atom. The van der Waals surface area contributed by atoms with Crippen molar-refractivity contribution in [3.63, 3.8) is 0 Å². The van der Waals surface area contributed by atoms with E-state index in [9.17, 15) is 9.50 Å². The zero-order valence-corrected chi connectivity index (χ0v) is 11.7. The highest BCUT2D eigenvalue weighted by atomic mass is 19.1. The van der Waals surface area contributed by atoms with Crippen molar-refractivity contribution in [1.29, 1.82) is 0 Å². The maximum atomic E-state index is 13.0. The quantitative estimate of drug-likeness (QED) is 0.783. The number of furan rings is 1. The van der Waals surface area contributed by atoms with Crippen molar-refractivity contribution in [3.05, 3.63) is 48.2 Å². The van der Waals surface area contributed by atoms with Crippen molar-refractivity contribution >= 4 is 5.69 Å². The summed E-state index contributed by atoms with van der Waals surface area (Å²) < 4.78 is 28.5. The number of nitrogens with one attached hydrogen (secondary N) is 1. The van der Waals surface area contributed by atoms with E-state index in [2.05, 4.69) is 5.32 Å². The van der Waals surface area contributed by atoms with E-state index in [0.29, 0.717) is 23.8 Å². The summed E-state index contributed by atoms with van der Waals surface area (Å²) in [6.07, 6.45) is 0.868. The number of hydrogen-bond donors (Lipinski definition) is 2. The minimum Gasteiger partial charge on any atom is -0.494 e. The fourth-order valence-corrected chi connectivity index (χ4v) is 1.79. The molecular formula is C15H18FNO4. The van der Waals surface area contributed by atoms with Gasteiger partial charge in [0.2, 0.25) is 0 Å². The largest absolute Gasteiger partial charge is 0.494 e. The summed E-state index contributed by atoms with van der Waals surface area (Å²) in [6.45, 7) is 0.737. The standard InChI is InChI=1S/C15H18FNO4/c1-19-15-7-11(16)4-5-14(15)17-8-12(18)9-20-10-13-3-2-6-21-13/h2-7,12,17-18H,8-10H2,1H3. The molecule has 0 aliphatic rings. The lowest BCUT2D eigenvalue weighted by Gasteiger charge is -2.15. The highest BCUT2D eigenvalue weighted by molar-refractivity contribution is 5.56. The van der Waals surface area contributed by atoms with Crippen LogP contribution in [-0.4, -0.2) is 31.5 Å². The van der Waals surface area contributed by atoms with Crippen LogP contribution in [0.2, 0.25) is 0 Å². The van der Waals surface area contributed by atoms with Gasteiger partial charge in [0.25, 0.3) is 0 Å². The van der Waals surface area contributed by atoms with Crippen LogP contribution in [0.15, 0.2) is 41.0 Å². The van der Waals surface area contributed by atoms with Crippen LogP contribution >= 0.6 is 0 Å². The molecule has 2 N–H and O–H groups in total. The van der Waals surface area contributed by atoms with E-state index in [4.69, 9.17) is 13.9 Å². The van der Waals surface area contributed by atoms with Crippen LogP contribution in [0.1, 0.15) is 5.76 Å². The first kappa shape index (κ1) is 15.3. The number of anilines is 1. The SMILES string of the molecule is COc1cc(F)ccc1NCC(O)COCc1ccco1. The minimum absolute atomic E-state index is 0.164. The Morgan fingerprint density at radius 3 is 2.95 bits per heavy atom. The van der Waals surface area contributed by atoms with Gasteiger partial charge in [-0.2, -0.15) is 0 Å². The minimum atomic E-state index is -0.699. The first-order valence-corrected chi connectivity index (χ1v) is 6.54. The first-order chi connectivity index (χ1) is 10.2. The lowest BCUT2D eigenvalue weighted by Crippen LogP contribution is -2.25. The van der Waals surface area contributed by atoms with Crippen LogP contribution in [0.25, 0.3) is 0 Å². The predicted octanol–water partition coefficient (Wildman–Crippen LogP) is 2.42. The molecule has 0 amide bonds. The number of hydrogen-bond acceptors (Lipinski definition) is 5. The van der Waals surface area contributed by atoms with Gasteiger partial charge in [-0.15, -0.1) is 0 Å². The smallest absolute Gasteiger partial charge is 0.144 e. The lowest BCUT2D eigenvalue weighted by molar-refractivity contribution is 0.0282. The number of benzene rings is 1. The van der Waals surface area contributed by atoms with Crippen molar-refractivity contribution in [3.8, 4) is 5.75 Å². The lowest BCUT2D eigenvalue weighted by atomic mass is 10.2. The molecule has 21 heavy (non-hydrogen) atoms. The summed E-state index contributed by atoms with van der Waals surface area (Å²) in [7, 11) is 1.46. The molecule has 5 nitrogen and oxygen atoms in total. The Hall–Kier alpha value is -2.05. The molecule has 1 aromatic carbocycles. The highest BCUT2D eigenvalue weighted by Crippen LogP contribution is 2.24. The summed E-state index contributed by atoms with van der Waals surface area (Å²) in [6, 6.07) is 7.74. The highest BCUT2D eigenvalue weighted by Gasteiger charge is 2.08. The Morgan fingerprint density at radius 2 is 2.24 bits per heavy atom. The van der Waals surface area contributed by atoms with Gasteiger partial charge in [0.1, 0.15) is 23.9 Å². The summed E-state index contributed by atoms with van der Waals surface area (Å²) >= 11 is 0. The molecule has 0 aliphatic heterocycles. The number of methoxy groups -OCH3 is 1. The molecule has 0 radical (unpaired) electrons. The van der Waals surface area contributed by atoms with Gasteiger partial charge in [-0.1, -0.05) is 0 Å². The summed E-state index contributed by atoms with van der Waals surface area (Å²) in [5.74, 6) is 0.716. The molecule has 1 atom stereocenters. The molecule has 1 aromatic heterocycles. The van der Waals surface area contributed by atoms with Gasteiger partial charge >= 0.3 is 0 Å². The van der Waals surface area contributed by atoms with Crippen LogP contribution in [0.3, 0.4) is 0 Å². The molecular weight excluding hydrogens is 277 g/mol. The van der Waals surface area contributed by atoms with Crippen molar-refractivity contribution in [2.45, 2.75) is 12.7 Å². The van der Waals surface area contributed by atoms with Crippen LogP contribution in [0, 0.1) is 5.82 Å². The molecule has 6 heteroatoms. The summed E-state index contributed by atoms with van der Waals surface area (Å²) in [5.41, 5.74) is 0.615. The number of halogens is 1. The van der Waals surface area contributed by atoms with Gasteiger partial charge in [0.05, 0.1) is 31.8 Å². The molecule has 0 saturated heterocycles. The number of aliphatic hydroxyl groups is 1. The van der Waals surface area contributed by atoms with Crippen LogP contribution in [0.5, 0.6) is 5.75 Å². The molecule has 1 heterocycles. The second-order valence-electron chi connectivity index (χ2n) is 4.47. The number of aliphatic hydroxyl groups excluding tert-OH is 1. The molecule has 0 bridgehead atoms. The van der Waals surface area contributed by atoms with Gasteiger partial charge in [0, 0.05) is 12.6 Å². The van der Waals surface area contributed by atoms with E-state index in [1.165, 1.54) is 19.2 Å². The normalized spacial score (nSPS) is 12.1. The van der Waals surface area contributed by atoms with Crippen LogP contribution < -0.4 is 10.1 Å². The summed E-state index contributed by atoms with van der Waals surface area (Å²) in [4.78, 5) is 0. The number of rotatable bonds is 8. The predicted molar refractivity (Wildman–Crippen MR) is 75.8 cm³/mol. The van der Waals surface area contributed by atoms with Crippen molar-refractivity contribution in [2.24, 2.45) is 0 Å². The molecule has 1 unspecified atom stereocenters. The molecule has 0 spiro atoms. The zero-order chi connectivity index (χ0) is 15.1. The van der Waals surface area contributed by atoms with Crippen molar-refractivity contribution in [1.82, 2.24) is 0 Å². The van der Waals surface area contributed by atoms with Crippen molar-refractivity contribution < 1.29 is 23.4 Å². The monoisotopic (exact) mass is 295 g/mol. The van der Waals surface area contributed by atoms with E-state index >= 15 is 0 Å². The third-order valence-corrected chi connectivity index (χ3v) is 2.83. The first-order valence-electron chi connectivity index (χ1n) is 6.54. The second-order valence-corrected chi connectivity index (χ2v) is 4.47. The van der Waals surface area contributed by atoms with E-state index in [0.717, 1.165) is 0 Å². The van der Waals surface area contributed by atoms with Gasteiger partial charge < -0.3 is 24.3 Å². The van der Waals surface area contributed by atoms with E-state index < -0.39 is 6.10 Å². The topological polar surface area (TPSA) is 63.9 Å². The van der Waals surface area contributed by atoms with E-state index in [-0.39, 0.29) is 19.0 Å². The van der Waals surface area contributed by atoms with E-state index in [1.54, 1.807) is 24.5 Å². The van der Waals surface area contributed by atoms with Gasteiger partial charge in [0.15, 0.2) is 0 Å². The summed E-state index contributed by atoms with van der Waals surface area (Å²) in [5, 5.41) is 12.8. The Kier molecular flexibility index (Phi) is 5.59. The zero-order valence-electron chi connectivity index (χ0n) is 11.7. The van der Waals surface area contributed by atoms with Gasteiger partial charge in [-0.05, 0) is 24.3 Å². The Balaban J connectivity index is 1.74. The van der Waals surface area contributed by atoms with E-state index in [1.807, 2.05) is 0 Å². The Labute approximate surface area is 122 Å². The second kappa shape index (κ2) is 7.66.